The van der Waals surface area contributed by atoms with Gasteiger partial charge in [-0.1, -0.05) is 12.1 Å². The molecule has 0 saturated heterocycles. The Morgan fingerprint density at radius 2 is 1.76 bits per heavy atom. The Balaban J connectivity index is 2.47. The lowest BCUT2D eigenvalue weighted by Gasteiger charge is -2.16. The van der Waals surface area contributed by atoms with Crippen LogP contribution in [0.1, 0.15) is 5.56 Å². The number of rotatable bonds is 6. The molecule has 1 N–H and O–H groups in total. The first kappa shape index (κ1) is 15.1. The standard InChI is InChI=1S/C16H16FO4/c1-19-15-8-7-13(16(20-2)14(15)9-18)11-3-5-12(6-4-11)21-10-17/h3-8,10,18H,9H2,1-2H3. The lowest BCUT2D eigenvalue weighted by Crippen LogP contribution is -1.99. The molecule has 0 atom stereocenters. The zero-order chi connectivity index (χ0) is 15.2. The number of hydrogen-bond donors (Lipinski definition) is 1. The van der Waals surface area contributed by atoms with E-state index in [2.05, 4.69) is 4.74 Å². The number of aliphatic hydroxyl groups excluding tert-OH is 1. The molecule has 2 aromatic carbocycles. The molecular formula is C16H16FO4. The third-order valence-electron chi connectivity index (χ3n) is 3.15. The predicted molar refractivity (Wildman–Crippen MR) is 76.9 cm³/mol. The minimum absolute atomic E-state index is 0.132. The van der Waals surface area contributed by atoms with Crippen molar-refractivity contribution < 1.29 is 23.7 Å². The van der Waals surface area contributed by atoms with Gasteiger partial charge in [0.2, 0.25) is 0 Å². The summed E-state index contributed by atoms with van der Waals surface area (Å²) in [4.78, 5) is 0. The SMILES string of the molecule is COc1ccc(-c2ccc(O[CH]F)cc2)c(OC)c1CO. The largest absolute Gasteiger partial charge is 0.496 e. The van der Waals surface area contributed by atoms with E-state index < -0.39 is 0 Å². The Labute approximate surface area is 122 Å². The van der Waals surface area contributed by atoms with Gasteiger partial charge in [0.05, 0.1) is 26.4 Å². The minimum Gasteiger partial charge on any atom is -0.496 e. The van der Waals surface area contributed by atoms with Crippen LogP contribution in [0.2, 0.25) is 0 Å². The molecule has 2 aromatic rings. The topological polar surface area (TPSA) is 47.9 Å². The summed E-state index contributed by atoms with van der Waals surface area (Å²) in [5.41, 5.74) is 2.24. The summed E-state index contributed by atoms with van der Waals surface area (Å²) < 4.78 is 27.3. The Bertz CT molecular complexity index is 596. The second-order valence-electron chi connectivity index (χ2n) is 4.22. The molecular weight excluding hydrogens is 275 g/mol. The molecule has 0 saturated carbocycles. The van der Waals surface area contributed by atoms with E-state index in [0.717, 1.165) is 11.1 Å². The smallest absolute Gasteiger partial charge is 0.304 e. The number of halogens is 1. The summed E-state index contributed by atoms with van der Waals surface area (Å²) >= 11 is 0. The molecule has 0 aliphatic rings. The van der Waals surface area contributed by atoms with E-state index in [1.807, 2.05) is 6.07 Å². The van der Waals surface area contributed by atoms with Crippen LogP contribution in [-0.2, 0) is 6.61 Å². The van der Waals surface area contributed by atoms with Crippen molar-refractivity contribution in [3.63, 3.8) is 0 Å². The van der Waals surface area contributed by atoms with Gasteiger partial charge in [-0.25, -0.2) is 0 Å². The molecule has 111 valence electrons. The van der Waals surface area contributed by atoms with Crippen LogP contribution in [-0.4, -0.2) is 19.3 Å². The Morgan fingerprint density at radius 1 is 1.05 bits per heavy atom. The Morgan fingerprint density at radius 3 is 2.29 bits per heavy atom. The van der Waals surface area contributed by atoms with Gasteiger partial charge < -0.3 is 19.3 Å². The number of aliphatic hydroxyl groups is 1. The molecule has 5 heteroatoms. The van der Waals surface area contributed by atoms with Crippen LogP contribution >= 0.6 is 0 Å². The van der Waals surface area contributed by atoms with Crippen LogP contribution in [0.5, 0.6) is 17.2 Å². The van der Waals surface area contributed by atoms with E-state index in [4.69, 9.17) is 9.47 Å². The fourth-order valence-corrected chi connectivity index (χ4v) is 2.18. The summed E-state index contributed by atoms with van der Waals surface area (Å²) in [5.74, 6) is 1.50. The predicted octanol–water partition coefficient (Wildman–Crippen LogP) is 3.33. The van der Waals surface area contributed by atoms with Crippen molar-refractivity contribution in [1.29, 1.82) is 0 Å². The maximum absolute atomic E-state index is 12.0. The highest BCUT2D eigenvalue weighted by molar-refractivity contribution is 5.74. The van der Waals surface area contributed by atoms with Crippen molar-refractivity contribution in [2.45, 2.75) is 6.61 Å². The normalized spacial score (nSPS) is 10.3. The van der Waals surface area contributed by atoms with Gasteiger partial charge >= 0.3 is 6.86 Å². The monoisotopic (exact) mass is 291 g/mol. The molecule has 0 bridgehead atoms. The molecule has 21 heavy (non-hydrogen) atoms. The third-order valence-corrected chi connectivity index (χ3v) is 3.15. The van der Waals surface area contributed by atoms with Crippen molar-refractivity contribution in [1.82, 2.24) is 0 Å². The molecule has 0 spiro atoms. The highest BCUT2D eigenvalue weighted by atomic mass is 19.1. The molecule has 0 heterocycles. The highest BCUT2D eigenvalue weighted by Crippen LogP contribution is 2.38. The summed E-state index contributed by atoms with van der Waals surface area (Å²) in [5, 5.41) is 9.52. The zero-order valence-corrected chi connectivity index (χ0v) is 11.8. The first-order chi connectivity index (χ1) is 10.2. The highest BCUT2D eigenvalue weighted by Gasteiger charge is 2.15. The van der Waals surface area contributed by atoms with Crippen LogP contribution in [0.3, 0.4) is 0 Å². The maximum atomic E-state index is 12.0. The van der Waals surface area contributed by atoms with Gasteiger partial charge in [0, 0.05) is 5.56 Å². The van der Waals surface area contributed by atoms with Crippen molar-refractivity contribution in [3.05, 3.63) is 48.8 Å². The Hall–Kier alpha value is -2.27. The van der Waals surface area contributed by atoms with Crippen LogP contribution in [0.4, 0.5) is 4.39 Å². The fraction of sp³-hybridized carbons (Fsp3) is 0.188. The van der Waals surface area contributed by atoms with Gasteiger partial charge in [-0.2, -0.15) is 4.39 Å². The molecule has 0 aliphatic carbocycles. The second kappa shape index (κ2) is 6.95. The van der Waals surface area contributed by atoms with Crippen molar-refractivity contribution in [2.75, 3.05) is 14.2 Å². The van der Waals surface area contributed by atoms with Crippen LogP contribution < -0.4 is 14.2 Å². The van der Waals surface area contributed by atoms with Crippen LogP contribution in [0.15, 0.2) is 36.4 Å². The number of benzene rings is 2. The van der Waals surface area contributed by atoms with Gasteiger partial charge in [0.25, 0.3) is 0 Å². The summed E-state index contributed by atoms with van der Waals surface area (Å²) in [6.45, 7) is -0.0645. The first-order valence-corrected chi connectivity index (χ1v) is 6.28. The summed E-state index contributed by atoms with van der Waals surface area (Å²) in [6, 6.07) is 10.5. The maximum Gasteiger partial charge on any atom is 0.304 e. The number of ether oxygens (including phenoxy) is 3. The van der Waals surface area contributed by atoms with Gasteiger partial charge in [-0.05, 0) is 29.8 Å². The average molecular weight is 291 g/mol. The zero-order valence-electron chi connectivity index (χ0n) is 11.8. The van der Waals surface area contributed by atoms with E-state index in [1.54, 1.807) is 30.3 Å². The van der Waals surface area contributed by atoms with Gasteiger partial charge in [0.1, 0.15) is 17.2 Å². The number of methoxy groups -OCH3 is 2. The van der Waals surface area contributed by atoms with Crippen molar-refractivity contribution >= 4 is 0 Å². The molecule has 0 aromatic heterocycles. The lowest BCUT2D eigenvalue weighted by molar-refractivity contribution is 0.265. The average Bonchev–Trinajstić information content (AvgIpc) is 2.54. The van der Waals surface area contributed by atoms with Crippen molar-refractivity contribution in [2.24, 2.45) is 0 Å². The summed E-state index contributed by atoms with van der Waals surface area (Å²) in [7, 11) is 3.07. The lowest BCUT2D eigenvalue weighted by atomic mass is 10.0. The number of hydrogen-bond acceptors (Lipinski definition) is 4. The van der Waals surface area contributed by atoms with Crippen LogP contribution in [0.25, 0.3) is 11.1 Å². The summed E-state index contributed by atoms with van der Waals surface area (Å²) in [6.07, 6.45) is 0. The molecule has 0 fully saturated rings. The van der Waals surface area contributed by atoms with Gasteiger partial charge in [0.15, 0.2) is 0 Å². The van der Waals surface area contributed by atoms with E-state index in [0.29, 0.717) is 22.8 Å². The van der Waals surface area contributed by atoms with Crippen LogP contribution in [0, 0.1) is 6.86 Å². The molecule has 2 rings (SSSR count). The third kappa shape index (κ3) is 3.08. The van der Waals surface area contributed by atoms with E-state index >= 15 is 0 Å². The quantitative estimate of drug-likeness (QED) is 0.887. The van der Waals surface area contributed by atoms with E-state index in [-0.39, 0.29) is 13.5 Å². The van der Waals surface area contributed by atoms with Crippen molar-refractivity contribution in [3.8, 4) is 28.4 Å². The molecule has 0 unspecified atom stereocenters. The Kier molecular flexibility index (Phi) is 5.00. The molecule has 0 amide bonds. The second-order valence-corrected chi connectivity index (χ2v) is 4.22. The van der Waals surface area contributed by atoms with E-state index in [1.165, 1.54) is 14.2 Å². The first-order valence-electron chi connectivity index (χ1n) is 6.28. The fourth-order valence-electron chi connectivity index (χ4n) is 2.18. The molecule has 1 radical (unpaired) electrons. The van der Waals surface area contributed by atoms with Gasteiger partial charge in [-0.3, -0.25) is 0 Å². The van der Waals surface area contributed by atoms with E-state index in [9.17, 15) is 9.50 Å². The minimum atomic E-state index is -0.196. The molecule has 4 nitrogen and oxygen atoms in total. The van der Waals surface area contributed by atoms with Gasteiger partial charge in [-0.15, -0.1) is 0 Å². The molecule has 0 aliphatic heterocycles.